The summed E-state index contributed by atoms with van der Waals surface area (Å²) in [6.45, 7) is 4.90. The second-order valence-corrected chi connectivity index (χ2v) is 4.52. The Morgan fingerprint density at radius 3 is 2.38 bits per heavy atom. The van der Waals surface area contributed by atoms with Crippen molar-refractivity contribution >= 4 is 5.91 Å². The van der Waals surface area contributed by atoms with Crippen LogP contribution >= 0.6 is 0 Å². The summed E-state index contributed by atoms with van der Waals surface area (Å²) in [7, 11) is 1.93. The quantitative estimate of drug-likeness (QED) is 0.657. The summed E-state index contributed by atoms with van der Waals surface area (Å²) in [6, 6.07) is 0. The Morgan fingerprint density at radius 1 is 1.38 bits per heavy atom. The summed E-state index contributed by atoms with van der Waals surface area (Å²) in [6.07, 6.45) is 5.34. The van der Waals surface area contributed by atoms with Crippen LogP contribution in [-0.4, -0.2) is 24.4 Å². The van der Waals surface area contributed by atoms with Crippen LogP contribution in [0.2, 0.25) is 0 Å². The third kappa shape index (κ3) is 3.02. The van der Waals surface area contributed by atoms with E-state index in [0.717, 1.165) is 12.5 Å². The predicted molar refractivity (Wildman–Crippen MR) is 54.4 cm³/mol. The zero-order valence-corrected chi connectivity index (χ0v) is 9.05. The van der Waals surface area contributed by atoms with Gasteiger partial charge in [-0.1, -0.05) is 26.7 Å². The van der Waals surface area contributed by atoms with Crippen molar-refractivity contribution in [2.75, 3.05) is 13.6 Å². The first-order valence-corrected chi connectivity index (χ1v) is 5.36. The molecule has 1 aliphatic carbocycles. The molecule has 1 amide bonds. The van der Waals surface area contributed by atoms with E-state index in [9.17, 15) is 4.79 Å². The van der Waals surface area contributed by atoms with E-state index in [2.05, 4.69) is 0 Å². The molecule has 0 aliphatic heterocycles. The summed E-state index contributed by atoms with van der Waals surface area (Å²) in [5, 5.41) is 0. The van der Waals surface area contributed by atoms with Gasteiger partial charge in [0.05, 0.1) is 0 Å². The van der Waals surface area contributed by atoms with Gasteiger partial charge in [0.25, 0.3) is 0 Å². The van der Waals surface area contributed by atoms with E-state index in [-0.39, 0.29) is 11.8 Å². The number of hydrogen-bond acceptors (Lipinski definition) is 1. The molecule has 1 saturated carbocycles. The van der Waals surface area contributed by atoms with Crippen LogP contribution < -0.4 is 0 Å². The Bertz CT molecular complexity index is 171. The van der Waals surface area contributed by atoms with Gasteiger partial charge in [0.1, 0.15) is 0 Å². The van der Waals surface area contributed by atoms with Gasteiger partial charge >= 0.3 is 0 Å². The first kappa shape index (κ1) is 10.6. The molecular weight excluding hydrogens is 162 g/mol. The van der Waals surface area contributed by atoms with Crippen molar-refractivity contribution in [3.05, 3.63) is 0 Å². The molecule has 0 aromatic carbocycles. The lowest BCUT2D eigenvalue weighted by atomic mass is 10.1. The molecular formula is C11H21NO. The molecule has 1 fully saturated rings. The maximum absolute atomic E-state index is 11.6. The van der Waals surface area contributed by atoms with E-state index in [1.165, 1.54) is 25.7 Å². The highest BCUT2D eigenvalue weighted by Gasteiger charge is 2.20. The number of carbonyl (C=O) groups is 1. The lowest BCUT2D eigenvalue weighted by molar-refractivity contribution is -0.133. The highest BCUT2D eigenvalue weighted by Crippen LogP contribution is 2.25. The summed E-state index contributed by atoms with van der Waals surface area (Å²) in [5.41, 5.74) is 0. The van der Waals surface area contributed by atoms with Gasteiger partial charge in [-0.05, 0) is 18.8 Å². The van der Waals surface area contributed by atoms with Gasteiger partial charge in [0.2, 0.25) is 5.91 Å². The predicted octanol–water partition coefficient (Wildman–Crippen LogP) is 2.29. The fourth-order valence-electron chi connectivity index (χ4n) is 2.11. The van der Waals surface area contributed by atoms with E-state index in [4.69, 9.17) is 0 Å². The standard InChI is InChI=1S/C11H21NO/c1-9(2)11(13)12(3)8-10-6-4-5-7-10/h9-10H,4-8H2,1-3H3. The number of amides is 1. The largest absolute Gasteiger partial charge is 0.345 e. The molecule has 2 nitrogen and oxygen atoms in total. The number of hydrogen-bond donors (Lipinski definition) is 0. The normalized spacial score (nSPS) is 18.2. The second-order valence-electron chi connectivity index (χ2n) is 4.52. The van der Waals surface area contributed by atoms with Crippen molar-refractivity contribution in [2.45, 2.75) is 39.5 Å². The summed E-state index contributed by atoms with van der Waals surface area (Å²) < 4.78 is 0. The zero-order valence-electron chi connectivity index (χ0n) is 9.05. The van der Waals surface area contributed by atoms with Crippen LogP contribution in [0.15, 0.2) is 0 Å². The van der Waals surface area contributed by atoms with E-state index in [1.807, 2.05) is 25.8 Å². The van der Waals surface area contributed by atoms with Crippen molar-refractivity contribution in [3.8, 4) is 0 Å². The van der Waals surface area contributed by atoms with Crippen molar-refractivity contribution in [2.24, 2.45) is 11.8 Å². The number of carbonyl (C=O) groups excluding carboxylic acids is 1. The summed E-state index contributed by atoms with van der Waals surface area (Å²) >= 11 is 0. The maximum Gasteiger partial charge on any atom is 0.224 e. The molecule has 0 atom stereocenters. The first-order valence-electron chi connectivity index (χ1n) is 5.36. The van der Waals surface area contributed by atoms with E-state index < -0.39 is 0 Å². The molecule has 1 rings (SSSR count). The van der Waals surface area contributed by atoms with Gasteiger partial charge in [-0.3, -0.25) is 4.79 Å². The molecule has 13 heavy (non-hydrogen) atoms. The second kappa shape index (κ2) is 4.64. The first-order chi connectivity index (χ1) is 6.11. The maximum atomic E-state index is 11.6. The number of nitrogens with zero attached hydrogens (tertiary/aromatic N) is 1. The molecule has 0 N–H and O–H groups in total. The lowest BCUT2D eigenvalue weighted by Gasteiger charge is -2.22. The lowest BCUT2D eigenvalue weighted by Crippen LogP contribution is -2.34. The van der Waals surface area contributed by atoms with Gasteiger partial charge in [-0.25, -0.2) is 0 Å². The van der Waals surface area contributed by atoms with Crippen LogP contribution in [0.1, 0.15) is 39.5 Å². The van der Waals surface area contributed by atoms with Gasteiger partial charge in [-0.15, -0.1) is 0 Å². The van der Waals surface area contributed by atoms with Crippen LogP contribution in [0.4, 0.5) is 0 Å². The minimum atomic E-state index is 0.145. The molecule has 76 valence electrons. The highest BCUT2D eigenvalue weighted by atomic mass is 16.2. The van der Waals surface area contributed by atoms with Crippen LogP contribution in [-0.2, 0) is 4.79 Å². The average Bonchev–Trinajstić information content (AvgIpc) is 2.55. The third-order valence-electron chi connectivity index (χ3n) is 2.88. The zero-order chi connectivity index (χ0) is 9.84. The Labute approximate surface area is 81.3 Å². The molecule has 0 aromatic heterocycles. The third-order valence-corrected chi connectivity index (χ3v) is 2.88. The van der Waals surface area contributed by atoms with Crippen LogP contribution in [0, 0.1) is 11.8 Å². The fourth-order valence-corrected chi connectivity index (χ4v) is 2.11. The molecule has 0 aromatic rings. The Balaban J connectivity index is 2.31. The molecule has 2 heteroatoms. The van der Waals surface area contributed by atoms with Gasteiger partial charge in [0.15, 0.2) is 0 Å². The van der Waals surface area contributed by atoms with Crippen LogP contribution in [0.3, 0.4) is 0 Å². The molecule has 0 radical (unpaired) electrons. The molecule has 0 spiro atoms. The fraction of sp³-hybridized carbons (Fsp3) is 0.909. The van der Waals surface area contributed by atoms with Gasteiger partial charge in [-0.2, -0.15) is 0 Å². The Hall–Kier alpha value is -0.530. The SMILES string of the molecule is CC(C)C(=O)N(C)CC1CCCC1. The Morgan fingerprint density at radius 2 is 1.92 bits per heavy atom. The number of rotatable bonds is 3. The van der Waals surface area contributed by atoms with Crippen molar-refractivity contribution < 1.29 is 4.79 Å². The topological polar surface area (TPSA) is 20.3 Å². The van der Waals surface area contributed by atoms with Crippen molar-refractivity contribution in [1.29, 1.82) is 0 Å². The Kier molecular flexibility index (Phi) is 3.76. The average molecular weight is 183 g/mol. The molecule has 0 bridgehead atoms. The minimum Gasteiger partial charge on any atom is -0.345 e. The van der Waals surface area contributed by atoms with E-state index >= 15 is 0 Å². The minimum absolute atomic E-state index is 0.145. The van der Waals surface area contributed by atoms with Gasteiger partial charge in [0, 0.05) is 19.5 Å². The molecule has 0 heterocycles. The van der Waals surface area contributed by atoms with E-state index in [1.54, 1.807) is 0 Å². The van der Waals surface area contributed by atoms with Crippen molar-refractivity contribution in [1.82, 2.24) is 4.90 Å². The van der Waals surface area contributed by atoms with Crippen molar-refractivity contribution in [3.63, 3.8) is 0 Å². The molecule has 0 unspecified atom stereocenters. The van der Waals surface area contributed by atoms with Crippen LogP contribution in [0.5, 0.6) is 0 Å². The molecule has 1 aliphatic rings. The summed E-state index contributed by atoms with van der Waals surface area (Å²) in [4.78, 5) is 13.5. The van der Waals surface area contributed by atoms with Crippen LogP contribution in [0.25, 0.3) is 0 Å². The van der Waals surface area contributed by atoms with E-state index in [0.29, 0.717) is 0 Å². The van der Waals surface area contributed by atoms with Gasteiger partial charge < -0.3 is 4.90 Å². The molecule has 0 saturated heterocycles. The monoisotopic (exact) mass is 183 g/mol. The highest BCUT2D eigenvalue weighted by molar-refractivity contribution is 5.77. The smallest absolute Gasteiger partial charge is 0.224 e. The summed E-state index contributed by atoms with van der Waals surface area (Å²) in [5.74, 6) is 1.20.